The lowest BCUT2D eigenvalue weighted by atomic mass is 9.99. The van der Waals surface area contributed by atoms with Gasteiger partial charge in [-0.25, -0.2) is 8.42 Å². The molecule has 0 radical (unpaired) electrons. The van der Waals surface area contributed by atoms with E-state index in [1.165, 1.54) is 25.6 Å². The van der Waals surface area contributed by atoms with Crippen LogP contribution in [0.15, 0.2) is 71.6 Å². The Hall–Kier alpha value is -3.52. The number of hydrogen-bond donors (Lipinski definition) is 1. The van der Waals surface area contributed by atoms with Crippen LogP contribution in [0.2, 0.25) is 0 Å². The molecule has 4 rings (SSSR count). The van der Waals surface area contributed by atoms with Crippen LogP contribution in [0.25, 0.3) is 0 Å². The number of piperidine rings is 1. The predicted molar refractivity (Wildman–Crippen MR) is 152 cm³/mol. The maximum Gasteiger partial charge on any atom is 0.264 e. The second-order valence-corrected chi connectivity index (χ2v) is 12.0. The molecule has 1 unspecified atom stereocenters. The largest absolute Gasteiger partial charge is 0.495 e. The number of carbonyl (C=O) groups is 1. The molecular formula is C30H37N3O4S. The molecule has 1 fully saturated rings. The molecular weight excluding hydrogens is 498 g/mol. The molecule has 7 nitrogen and oxygen atoms in total. The molecule has 0 spiro atoms. The molecule has 1 atom stereocenters. The first-order valence-corrected chi connectivity index (χ1v) is 14.5. The van der Waals surface area contributed by atoms with Crippen LogP contribution in [0.4, 0.5) is 11.4 Å². The van der Waals surface area contributed by atoms with Gasteiger partial charge in [-0.2, -0.15) is 0 Å². The number of aryl methyl sites for hydroxylation is 2. The van der Waals surface area contributed by atoms with Crippen molar-refractivity contribution in [3.8, 4) is 5.75 Å². The molecule has 1 N–H and O–H groups in total. The highest BCUT2D eigenvalue weighted by Gasteiger charge is 2.29. The van der Waals surface area contributed by atoms with E-state index in [1.807, 2.05) is 32.0 Å². The van der Waals surface area contributed by atoms with Gasteiger partial charge in [-0.1, -0.05) is 42.8 Å². The van der Waals surface area contributed by atoms with Crippen molar-refractivity contribution in [2.75, 3.05) is 35.9 Å². The molecule has 38 heavy (non-hydrogen) atoms. The van der Waals surface area contributed by atoms with E-state index in [-0.39, 0.29) is 11.4 Å². The molecule has 1 aliphatic heterocycles. The summed E-state index contributed by atoms with van der Waals surface area (Å²) in [5, 5.41) is 2.89. The van der Waals surface area contributed by atoms with Gasteiger partial charge < -0.3 is 15.0 Å². The second-order valence-electron chi connectivity index (χ2n) is 10.1. The number of ether oxygens (including phenoxy) is 1. The van der Waals surface area contributed by atoms with Crippen LogP contribution in [0, 0.1) is 19.8 Å². The molecule has 1 amide bonds. The van der Waals surface area contributed by atoms with E-state index >= 15 is 0 Å². The number of sulfonamides is 1. The summed E-state index contributed by atoms with van der Waals surface area (Å²) >= 11 is 0. The fourth-order valence-corrected chi connectivity index (χ4v) is 6.19. The molecule has 0 aliphatic carbocycles. The molecule has 8 heteroatoms. The summed E-state index contributed by atoms with van der Waals surface area (Å²) in [5.74, 6) is 0.661. The topological polar surface area (TPSA) is 79.0 Å². The highest BCUT2D eigenvalue weighted by atomic mass is 32.2. The number of amides is 1. The zero-order chi connectivity index (χ0) is 27.3. The van der Waals surface area contributed by atoms with E-state index in [1.54, 1.807) is 36.4 Å². The van der Waals surface area contributed by atoms with Gasteiger partial charge in [-0.3, -0.25) is 9.10 Å². The lowest BCUT2D eigenvalue weighted by molar-refractivity contribution is -0.119. The van der Waals surface area contributed by atoms with Crippen LogP contribution in [0.1, 0.15) is 36.5 Å². The summed E-state index contributed by atoms with van der Waals surface area (Å²) in [5.41, 5.74) is 4.26. The van der Waals surface area contributed by atoms with Crippen molar-refractivity contribution >= 4 is 27.3 Å². The molecule has 3 aromatic carbocycles. The highest BCUT2D eigenvalue weighted by Crippen LogP contribution is 2.33. The summed E-state index contributed by atoms with van der Waals surface area (Å²) in [6, 6.07) is 20.1. The first-order valence-electron chi connectivity index (χ1n) is 13.0. The Morgan fingerprint density at radius 2 is 1.71 bits per heavy atom. The molecule has 202 valence electrons. The average Bonchev–Trinajstić information content (AvgIpc) is 2.91. The number of methoxy groups -OCH3 is 1. The molecule has 1 saturated heterocycles. The van der Waals surface area contributed by atoms with Gasteiger partial charge in [-0.15, -0.1) is 0 Å². The SMILES string of the molecule is COc1ccc(C)cc1N(CC(=O)NCc1ccc(N2CCCC(C)C2)cc1)S(=O)(=O)c1ccc(C)cc1. The molecule has 0 aromatic heterocycles. The van der Waals surface area contributed by atoms with E-state index in [0.717, 1.165) is 34.1 Å². The Balaban J connectivity index is 1.51. The van der Waals surface area contributed by atoms with Gasteiger partial charge in [-0.05, 0) is 80.1 Å². The van der Waals surface area contributed by atoms with Crippen LogP contribution in [-0.4, -0.2) is 41.1 Å². The van der Waals surface area contributed by atoms with Gasteiger partial charge in [0.15, 0.2) is 0 Å². The number of hydrogen-bond acceptors (Lipinski definition) is 5. The number of nitrogens with one attached hydrogen (secondary N) is 1. The van der Waals surface area contributed by atoms with E-state index < -0.39 is 15.9 Å². The van der Waals surface area contributed by atoms with Crippen LogP contribution in [-0.2, 0) is 21.4 Å². The monoisotopic (exact) mass is 535 g/mol. The Bertz CT molecular complexity index is 1360. The summed E-state index contributed by atoms with van der Waals surface area (Å²) in [6.45, 7) is 8.10. The van der Waals surface area contributed by atoms with Crippen LogP contribution in [0.5, 0.6) is 5.75 Å². The predicted octanol–water partition coefficient (Wildman–Crippen LogP) is 5.06. The lowest BCUT2D eigenvalue weighted by Gasteiger charge is -2.32. The quantitative estimate of drug-likeness (QED) is 0.414. The number of nitrogens with zero attached hydrogens (tertiary/aromatic N) is 2. The Morgan fingerprint density at radius 3 is 2.37 bits per heavy atom. The Labute approximate surface area is 226 Å². The lowest BCUT2D eigenvalue weighted by Crippen LogP contribution is -2.41. The van der Waals surface area contributed by atoms with Crippen molar-refractivity contribution in [1.82, 2.24) is 5.32 Å². The van der Waals surface area contributed by atoms with Crippen molar-refractivity contribution in [3.63, 3.8) is 0 Å². The van der Waals surface area contributed by atoms with Gasteiger partial charge in [0.05, 0.1) is 17.7 Å². The number of benzene rings is 3. The Morgan fingerprint density at radius 1 is 1.03 bits per heavy atom. The normalized spacial score (nSPS) is 15.7. The van der Waals surface area contributed by atoms with Gasteiger partial charge in [0.25, 0.3) is 10.0 Å². The van der Waals surface area contributed by atoms with Crippen molar-refractivity contribution in [1.29, 1.82) is 0 Å². The molecule has 1 aliphatic rings. The maximum atomic E-state index is 13.7. The molecule has 1 heterocycles. The smallest absolute Gasteiger partial charge is 0.264 e. The maximum absolute atomic E-state index is 13.7. The van der Waals surface area contributed by atoms with Crippen LogP contribution in [0.3, 0.4) is 0 Å². The van der Waals surface area contributed by atoms with Gasteiger partial charge in [0.1, 0.15) is 12.3 Å². The first-order chi connectivity index (χ1) is 18.2. The summed E-state index contributed by atoms with van der Waals surface area (Å²) < 4.78 is 34.1. The zero-order valence-electron chi connectivity index (χ0n) is 22.6. The molecule has 0 bridgehead atoms. The average molecular weight is 536 g/mol. The van der Waals surface area contributed by atoms with Crippen molar-refractivity contribution < 1.29 is 17.9 Å². The van der Waals surface area contributed by atoms with E-state index in [4.69, 9.17) is 4.74 Å². The van der Waals surface area contributed by atoms with E-state index in [9.17, 15) is 13.2 Å². The van der Waals surface area contributed by atoms with E-state index in [2.05, 4.69) is 29.3 Å². The van der Waals surface area contributed by atoms with Crippen molar-refractivity contribution in [2.24, 2.45) is 5.92 Å². The van der Waals surface area contributed by atoms with Crippen molar-refractivity contribution in [2.45, 2.75) is 45.1 Å². The minimum atomic E-state index is -4.03. The number of anilines is 2. The minimum absolute atomic E-state index is 0.113. The summed E-state index contributed by atoms with van der Waals surface area (Å²) in [6.07, 6.45) is 2.47. The Kier molecular flexibility index (Phi) is 8.62. The standard InChI is InChI=1S/C30H37N3O4S/c1-22-7-14-27(15-8-22)38(35,36)33(28-18-23(2)9-16-29(28)37-4)21-30(34)31-19-25-10-12-26(13-11-25)32-17-5-6-24(3)20-32/h7-16,18,24H,5-6,17,19-21H2,1-4H3,(H,31,34). The fourth-order valence-electron chi connectivity index (χ4n) is 4.77. The van der Waals surface area contributed by atoms with Gasteiger partial charge in [0, 0.05) is 25.3 Å². The second kappa shape index (κ2) is 11.9. The third kappa shape index (κ3) is 6.48. The highest BCUT2D eigenvalue weighted by molar-refractivity contribution is 7.92. The van der Waals surface area contributed by atoms with Crippen molar-refractivity contribution in [3.05, 3.63) is 83.4 Å². The fraction of sp³-hybridized carbons (Fsp3) is 0.367. The van der Waals surface area contributed by atoms with Crippen LogP contribution < -0.4 is 19.3 Å². The van der Waals surface area contributed by atoms with Crippen LogP contribution >= 0.6 is 0 Å². The third-order valence-electron chi connectivity index (χ3n) is 6.95. The molecule has 0 saturated carbocycles. The zero-order valence-corrected chi connectivity index (χ0v) is 23.4. The van der Waals surface area contributed by atoms with E-state index in [0.29, 0.717) is 23.9 Å². The summed E-state index contributed by atoms with van der Waals surface area (Å²) in [7, 11) is -2.55. The summed E-state index contributed by atoms with van der Waals surface area (Å²) in [4.78, 5) is 15.6. The third-order valence-corrected chi connectivity index (χ3v) is 8.72. The number of carbonyl (C=O) groups excluding carboxylic acids is 1. The minimum Gasteiger partial charge on any atom is -0.495 e. The molecule has 3 aromatic rings. The van der Waals surface area contributed by atoms with Gasteiger partial charge in [0.2, 0.25) is 5.91 Å². The number of rotatable bonds is 9. The van der Waals surface area contributed by atoms with Gasteiger partial charge >= 0.3 is 0 Å². The first kappa shape index (κ1) is 27.5.